The molecule has 1 amide bonds. The molecule has 0 bridgehead atoms. The van der Waals surface area contributed by atoms with Crippen molar-refractivity contribution in [3.8, 4) is 17.2 Å². The van der Waals surface area contributed by atoms with Crippen molar-refractivity contribution in [3.05, 3.63) is 42.0 Å². The van der Waals surface area contributed by atoms with E-state index in [9.17, 15) is 9.59 Å². The minimum absolute atomic E-state index is 0.212. The number of hydrogen-bond acceptors (Lipinski definition) is 7. The number of carbonyl (C=O) groups excluding carboxylic acids is 2. The smallest absolute Gasteiger partial charge is 0.264 e. The molecule has 0 fully saturated rings. The molecule has 7 nitrogen and oxygen atoms in total. The van der Waals surface area contributed by atoms with Gasteiger partial charge in [-0.1, -0.05) is 11.3 Å². The molecule has 0 unspecified atom stereocenters. The summed E-state index contributed by atoms with van der Waals surface area (Å²) in [7, 11) is 3.06. The van der Waals surface area contributed by atoms with Crippen LogP contribution >= 0.6 is 11.3 Å². The first kappa shape index (κ1) is 17.7. The Morgan fingerprint density at radius 1 is 1.15 bits per heavy atom. The van der Waals surface area contributed by atoms with E-state index < -0.39 is 0 Å². The molecule has 26 heavy (non-hydrogen) atoms. The highest BCUT2D eigenvalue weighted by atomic mass is 32.1. The third-order valence-corrected chi connectivity index (χ3v) is 4.46. The van der Waals surface area contributed by atoms with Crippen LogP contribution in [0.5, 0.6) is 17.2 Å². The molecule has 0 saturated heterocycles. The maximum absolute atomic E-state index is 12.1. The van der Waals surface area contributed by atoms with E-state index >= 15 is 0 Å². The van der Waals surface area contributed by atoms with Crippen molar-refractivity contribution >= 4 is 38.9 Å². The van der Waals surface area contributed by atoms with Crippen LogP contribution in [0.4, 0.5) is 5.13 Å². The van der Waals surface area contributed by atoms with E-state index in [4.69, 9.17) is 14.2 Å². The number of thiazole rings is 1. The first-order chi connectivity index (χ1) is 12.6. The number of benzene rings is 2. The fourth-order valence-electron chi connectivity index (χ4n) is 2.26. The van der Waals surface area contributed by atoms with E-state index in [-0.39, 0.29) is 12.5 Å². The third kappa shape index (κ3) is 3.92. The van der Waals surface area contributed by atoms with E-state index in [0.29, 0.717) is 28.5 Å². The Balaban J connectivity index is 1.65. The highest BCUT2D eigenvalue weighted by molar-refractivity contribution is 7.22. The lowest BCUT2D eigenvalue weighted by molar-refractivity contribution is -0.118. The first-order valence-electron chi connectivity index (χ1n) is 7.63. The number of methoxy groups -OCH3 is 2. The van der Waals surface area contributed by atoms with Crippen molar-refractivity contribution in [1.82, 2.24) is 4.98 Å². The summed E-state index contributed by atoms with van der Waals surface area (Å²) < 4.78 is 16.7. The highest BCUT2D eigenvalue weighted by Crippen LogP contribution is 2.30. The molecule has 3 rings (SSSR count). The topological polar surface area (TPSA) is 86.8 Å². The van der Waals surface area contributed by atoms with Crippen molar-refractivity contribution in [2.75, 3.05) is 26.1 Å². The number of aromatic nitrogens is 1. The number of fused-ring (bicyclic) bond motifs is 1. The molecule has 134 valence electrons. The van der Waals surface area contributed by atoms with E-state index in [0.717, 1.165) is 16.0 Å². The monoisotopic (exact) mass is 372 g/mol. The maximum Gasteiger partial charge on any atom is 0.264 e. The van der Waals surface area contributed by atoms with Gasteiger partial charge >= 0.3 is 0 Å². The molecule has 0 aliphatic rings. The molecule has 0 spiro atoms. The number of anilines is 1. The summed E-state index contributed by atoms with van der Waals surface area (Å²) in [6.45, 7) is -0.212. The van der Waals surface area contributed by atoms with Gasteiger partial charge in [-0.05, 0) is 36.4 Å². The Kier molecular flexibility index (Phi) is 5.33. The standard InChI is InChI=1S/C18H16N2O5S/c1-23-12-4-5-13-16(8-12)26-18(19-13)20-17(22)10-25-14-6-3-11(9-21)7-15(14)24-2/h3-9H,10H2,1-2H3,(H,19,20,22). The quantitative estimate of drug-likeness (QED) is 0.641. The molecule has 1 N–H and O–H groups in total. The van der Waals surface area contributed by atoms with E-state index in [1.165, 1.54) is 18.4 Å². The minimum atomic E-state index is -0.350. The normalized spacial score (nSPS) is 10.4. The zero-order valence-corrected chi connectivity index (χ0v) is 15.0. The van der Waals surface area contributed by atoms with Gasteiger partial charge < -0.3 is 14.2 Å². The number of nitrogens with zero attached hydrogens (tertiary/aromatic N) is 1. The second kappa shape index (κ2) is 7.83. The average molecular weight is 372 g/mol. The van der Waals surface area contributed by atoms with Crippen LogP contribution in [0.15, 0.2) is 36.4 Å². The Hall–Kier alpha value is -3.13. The van der Waals surface area contributed by atoms with Crippen LogP contribution in [0.2, 0.25) is 0 Å². The molecule has 1 aromatic heterocycles. The van der Waals surface area contributed by atoms with E-state index in [2.05, 4.69) is 10.3 Å². The van der Waals surface area contributed by atoms with Crippen molar-refractivity contribution in [2.24, 2.45) is 0 Å². The van der Waals surface area contributed by atoms with Crippen LogP contribution in [0.25, 0.3) is 10.2 Å². The van der Waals surface area contributed by atoms with E-state index in [1.807, 2.05) is 18.2 Å². The van der Waals surface area contributed by atoms with Crippen molar-refractivity contribution in [2.45, 2.75) is 0 Å². The summed E-state index contributed by atoms with van der Waals surface area (Å²) in [5.41, 5.74) is 1.24. The molecule has 0 aliphatic heterocycles. The lowest BCUT2D eigenvalue weighted by Gasteiger charge is -2.10. The summed E-state index contributed by atoms with van der Waals surface area (Å²) in [6, 6.07) is 10.2. The van der Waals surface area contributed by atoms with Gasteiger partial charge in [-0.3, -0.25) is 14.9 Å². The first-order valence-corrected chi connectivity index (χ1v) is 8.45. The molecular formula is C18H16N2O5S. The van der Waals surface area contributed by atoms with Crippen LogP contribution in [0, 0.1) is 0 Å². The van der Waals surface area contributed by atoms with Gasteiger partial charge in [-0.15, -0.1) is 0 Å². The van der Waals surface area contributed by atoms with Gasteiger partial charge in [-0.25, -0.2) is 4.98 Å². The molecule has 0 radical (unpaired) electrons. The highest BCUT2D eigenvalue weighted by Gasteiger charge is 2.11. The van der Waals surface area contributed by atoms with Crippen LogP contribution in [0.3, 0.4) is 0 Å². The predicted molar refractivity (Wildman–Crippen MR) is 98.7 cm³/mol. The van der Waals surface area contributed by atoms with Crippen LogP contribution in [-0.2, 0) is 4.79 Å². The second-order valence-electron chi connectivity index (χ2n) is 5.22. The van der Waals surface area contributed by atoms with Gasteiger partial charge in [0.2, 0.25) is 0 Å². The van der Waals surface area contributed by atoms with Gasteiger partial charge in [0.1, 0.15) is 12.0 Å². The molecule has 0 saturated carbocycles. The molecule has 0 aliphatic carbocycles. The third-order valence-electron chi connectivity index (χ3n) is 3.52. The number of carbonyl (C=O) groups is 2. The zero-order chi connectivity index (χ0) is 18.5. The van der Waals surface area contributed by atoms with Crippen LogP contribution in [0.1, 0.15) is 10.4 Å². The Bertz CT molecular complexity index is 954. The van der Waals surface area contributed by atoms with Crippen molar-refractivity contribution in [3.63, 3.8) is 0 Å². The van der Waals surface area contributed by atoms with Crippen LogP contribution < -0.4 is 19.5 Å². The summed E-state index contributed by atoms with van der Waals surface area (Å²) in [4.78, 5) is 27.3. The van der Waals surface area contributed by atoms with E-state index in [1.54, 1.807) is 25.3 Å². The molecule has 1 heterocycles. The average Bonchev–Trinajstić information content (AvgIpc) is 3.07. The molecule has 3 aromatic rings. The number of ether oxygens (including phenoxy) is 3. The second-order valence-corrected chi connectivity index (χ2v) is 6.25. The molecular weight excluding hydrogens is 356 g/mol. The van der Waals surface area contributed by atoms with Gasteiger partial charge in [0, 0.05) is 5.56 Å². The lowest BCUT2D eigenvalue weighted by Crippen LogP contribution is -2.20. The van der Waals surface area contributed by atoms with Crippen molar-refractivity contribution in [1.29, 1.82) is 0 Å². The maximum atomic E-state index is 12.1. The van der Waals surface area contributed by atoms with Gasteiger partial charge in [0.15, 0.2) is 23.2 Å². The minimum Gasteiger partial charge on any atom is -0.497 e. The Morgan fingerprint density at radius 3 is 2.73 bits per heavy atom. The SMILES string of the molecule is COc1ccc2nc(NC(=O)COc3ccc(C=O)cc3OC)sc2c1. The number of rotatable bonds is 7. The fourth-order valence-corrected chi connectivity index (χ4v) is 3.17. The summed E-state index contributed by atoms with van der Waals surface area (Å²) >= 11 is 1.35. The zero-order valence-electron chi connectivity index (χ0n) is 14.1. The predicted octanol–water partition coefficient (Wildman–Crippen LogP) is 3.14. The molecule has 0 atom stereocenters. The molecule has 8 heteroatoms. The number of amides is 1. The molecule has 2 aromatic carbocycles. The Morgan fingerprint density at radius 2 is 2.00 bits per heavy atom. The number of nitrogens with one attached hydrogen (secondary N) is 1. The fraction of sp³-hybridized carbons (Fsp3) is 0.167. The van der Waals surface area contributed by atoms with Gasteiger partial charge in [0.25, 0.3) is 5.91 Å². The van der Waals surface area contributed by atoms with Gasteiger partial charge in [0.05, 0.1) is 24.4 Å². The number of hydrogen-bond donors (Lipinski definition) is 1. The summed E-state index contributed by atoms with van der Waals surface area (Å²) in [5, 5.41) is 3.18. The summed E-state index contributed by atoms with van der Waals surface area (Å²) in [6.07, 6.45) is 0.709. The van der Waals surface area contributed by atoms with Crippen LogP contribution in [-0.4, -0.2) is 38.0 Å². The lowest BCUT2D eigenvalue weighted by atomic mass is 10.2. The Labute approximate surface area is 153 Å². The van der Waals surface area contributed by atoms with Crippen molar-refractivity contribution < 1.29 is 23.8 Å². The number of aldehydes is 1. The van der Waals surface area contributed by atoms with Gasteiger partial charge in [-0.2, -0.15) is 0 Å². The summed E-state index contributed by atoms with van der Waals surface area (Å²) in [5.74, 6) is 1.14. The largest absolute Gasteiger partial charge is 0.497 e.